The molecule has 9 nitrogen and oxygen atoms in total. The fourth-order valence-corrected chi connectivity index (χ4v) is 9.42. The van der Waals surface area contributed by atoms with Crippen LogP contribution in [0, 0.1) is 0 Å². The van der Waals surface area contributed by atoms with E-state index in [0.717, 1.165) is 109 Å². The van der Waals surface area contributed by atoms with Crippen LogP contribution in [0.1, 0.15) is 277 Å². The summed E-state index contributed by atoms with van der Waals surface area (Å²) in [5.74, 6) is -0.840. The first-order valence-corrected chi connectivity index (χ1v) is 32.7. The first kappa shape index (κ1) is 72.9. The summed E-state index contributed by atoms with van der Waals surface area (Å²) in [5.41, 5.74) is 5.39. The van der Waals surface area contributed by atoms with Crippen LogP contribution in [-0.2, 0) is 32.7 Å². The van der Waals surface area contributed by atoms with Gasteiger partial charge in [0.05, 0.1) is 13.2 Å². The Labute approximate surface area is 467 Å². The second kappa shape index (κ2) is 61.1. The molecule has 0 aromatic rings. The van der Waals surface area contributed by atoms with Gasteiger partial charge in [-0.25, -0.2) is 4.57 Å². The van der Waals surface area contributed by atoms with Crippen LogP contribution < -0.4 is 5.73 Å². The average molecular weight is 1080 g/mol. The molecule has 0 radical (unpaired) electrons. The van der Waals surface area contributed by atoms with Gasteiger partial charge in [-0.3, -0.25) is 18.6 Å². The minimum Gasteiger partial charge on any atom is -0.462 e. The Morgan fingerprint density at radius 3 is 1.08 bits per heavy atom. The predicted octanol–water partition coefficient (Wildman–Crippen LogP) is 20.0. The van der Waals surface area contributed by atoms with Gasteiger partial charge in [0.15, 0.2) is 6.10 Å². The fraction of sp³-hybridized carbons (Fsp3) is 0.727. The highest BCUT2D eigenvalue weighted by Gasteiger charge is 2.26. The van der Waals surface area contributed by atoms with Gasteiger partial charge in [0.2, 0.25) is 0 Å². The van der Waals surface area contributed by atoms with Gasteiger partial charge in [-0.15, -0.1) is 0 Å². The molecule has 0 aliphatic heterocycles. The van der Waals surface area contributed by atoms with Crippen LogP contribution in [0.25, 0.3) is 0 Å². The van der Waals surface area contributed by atoms with Crippen molar-refractivity contribution in [1.82, 2.24) is 0 Å². The highest BCUT2D eigenvalue weighted by atomic mass is 31.2. The first-order valence-electron chi connectivity index (χ1n) is 31.2. The SMILES string of the molecule is CC/C=C\C/C=C\C/C=C\C/C=C\C/C=C\C/C=C\C/C=C\C/C=C\CCCCCCCCC(=O)OC(COC(=O)CCCCCCCCCCCCCCCCCCCCCCCCCC)COP(=O)(O)OCCN. The maximum Gasteiger partial charge on any atom is 0.472 e. The molecule has 0 aromatic heterocycles. The van der Waals surface area contributed by atoms with E-state index >= 15 is 0 Å². The summed E-state index contributed by atoms with van der Waals surface area (Å²) < 4.78 is 33.1. The van der Waals surface area contributed by atoms with E-state index in [-0.39, 0.29) is 38.6 Å². The van der Waals surface area contributed by atoms with E-state index in [1.54, 1.807) is 0 Å². The van der Waals surface area contributed by atoms with Gasteiger partial charge >= 0.3 is 19.8 Å². The van der Waals surface area contributed by atoms with Crippen molar-refractivity contribution in [3.8, 4) is 0 Å². The van der Waals surface area contributed by atoms with Crippen molar-refractivity contribution in [2.24, 2.45) is 5.73 Å². The van der Waals surface area contributed by atoms with Gasteiger partial charge < -0.3 is 20.1 Å². The van der Waals surface area contributed by atoms with Gasteiger partial charge in [-0.1, -0.05) is 284 Å². The third kappa shape index (κ3) is 60.2. The van der Waals surface area contributed by atoms with Crippen LogP contribution in [0.2, 0.25) is 0 Å². The normalized spacial score (nSPS) is 13.7. The lowest BCUT2D eigenvalue weighted by Crippen LogP contribution is -2.29. The molecule has 438 valence electrons. The van der Waals surface area contributed by atoms with Crippen molar-refractivity contribution in [2.45, 2.75) is 283 Å². The molecule has 0 heterocycles. The number of hydrogen-bond acceptors (Lipinski definition) is 8. The highest BCUT2D eigenvalue weighted by molar-refractivity contribution is 7.47. The Kier molecular flexibility index (Phi) is 58.7. The summed E-state index contributed by atoms with van der Waals surface area (Å²) in [7, 11) is -4.40. The number of phosphoric ester groups is 1. The third-order valence-electron chi connectivity index (χ3n) is 13.2. The Balaban J connectivity index is 4.01. The second-order valence-corrected chi connectivity index (χ2v) is 22.0. The summed E-state index contributed by atoms with van der Waals surface area (Å²) in [6.45, 7) is 3.64. The van der Waals surface area contributed by atoms with Gasteiger partial charge in [-0.05, 0) is 77.0 Å². The average Bonchev–Trinajstić information content (AvgIpc) is 3.41. The van der Waals surface area contributed by atoms with Crippen molar-refractivity contribution in [1.29, 1.82) is 0 Å². The molecular weight excluding hydrogens is 966 g/mol. The third-order valence-corrected chi connectivity index (χ3v) is 14.2. The van der Waals surface area contributed by atoms with Crippen LogP contribution in [0.3, 0.4) is 0 Å². The molecule has 0 aromatic carbocycles. The minimum atomic E-state index is -4.40. The maximum atomic E-state index is 12.7. The van der Waals surface area contributed by atoms with E-state index in [2.05, 4.69) is 111 Å². The number of unbranched alkanes of at least 4 members (excludes halogenated alkanes) is 29. The first-order chi connectivity index (χ1) is 37.3. The molecular formula is C66H116NO8P. The topological polar surface area (TPSA) is 134 Å². The molecule has 2 atom stereocenters. The van der Waals surface area contributed by atoms with E-state index in [1.165, 1.54) is 135 Å². The van der Waals surface area contributed by atoms with Crippen LogP contribution in [0.5, 0.6) is 0 Å². The zero-order valence-corrected chi connectivity index (χ0v) is 49.9. The Bertz CT molecular complexity index is 1560. The van der Waals surface area contributed by atoms with Crippen molar-refractivity contribution < 1.29 is 37.6 Å². The predicted molar refractivity (Wildman–Crippen MR) is 325 cm³/mol. The molecule has 0 fully saturated rings. The molecule has 0 aliphatic rings. The molecule has 0 bridgehead atoms. The lowest BCUT2D eigenvalue weighted by molar-refractivity contribution is -0.161. The van der Waals surface area contributed by atoms with Crippen LogP contribution in [0.15, 0.2) is 97.2 Å². The van der Waals surface area contributed by atoms with E-state index < -0.39 is 26.5 Å². The monoisotopic (exact) mass is 1080 g/mol. The maximum absolute atomic E-state index is 12.7. The van der Waals surface area contributed by atoms with Crippen molar-refractivity contribution >= 4 is 19.8 Å². The smallest absolute Gasteiger partial charge is 0.462 e. The summed E-state index contributed by atoms with van der Waals surface area (Å²) >= 11 is 0. The molecule has 10 heteroatoms. The molecule has 0 aliphatic carbocycles. The number of carbonyl (C=O) groups is 2. The van der Waals surface area contributed by atoms with Crippen molar-refractivity contribution in [2.75, 3.05) is 26.4 Å². The summed E-state index contributed by atoms with van der Waals surface area (Å²) in [5, 5.41) is 0. The summed E-state index contributed by atoms with van der Waals surface area (Å²) in [4.78, 5) is 35.3. The van der Waals surface area contributed by atoms with Gasteiger partial charge in [0.1, 0.15) is 6.61 Å². The van der Waals surface area contributed by atoms with E-state index in [0.29, 0.717) is 6.42 Å². The quantitative estimate of drug-likeness (QED) is 0.0264. The van der Waals surface area contributed by atoms with Gasteiger partial charge in [-0.2, -0.15) is 0 Å². The lowest BCUT2D eigenvalue weighted by Gasteiger charge is -2.19. The molecule has 3 N–H and O–H groups in total. The molecule has 0 saturated carbocycles. The van der Waals surface area contributed by atoms with Crippen LogP contribution >= 0.6 is 7.82 Å². The second-order valence-electron chi connectivity index (χ2n) is 20.6. The number of hydrogen-bond donors (Lipinski definition) is 2. The number of allylic oxidation sites excluding steroid dienone is 16. The van der Waals surface area contributed by atoms with Gasteiger partial charge in [0.25, 0.3) is 0 Å². The van der Waals surface area contributed by atoms with Gasteiger partial charge in [0, 0.05) is 19.4 Å². The molecule has 2 unspecified atom stereocenters. The number of phosphoric acid groups is 1. The van der Waals surface area contributed by atoms with Crippen molar-refractivity contribution in [3.63, 3.8) is 0 Å². The number of nitrogens with two attached hydrogens (primary N) is 1. The Morgan fingerprint density at radius 1 is 0.408 bits per heavy atom. The number of rotatable bonds is 58. The minimum absolute atomic E-state index is 0.0473. The van der Waals surface area contributed by atoms with E-state index in [4.69, 9.17) is 24.3 Å². The van der Waals surface area contributed by atoms with Crippen LogP contribution in [0.4, 0.5) is 0 Å². The standard InChI is InChI=1S/C66H116NO8P/c1-3-5-7-9-11-13-15-17-19-21-23-25-27-29-30-31-32-33-34-35-37-39-41-43-45-47-49-51-53-55-57-59-66(69)75-64(63-74-76(70,71)73-61-60-67)62-72-65(68)58-56-54-52-50-48-46-44-42-40-38-36-28-26-24-22-20-18-16-14-12-10-8-6-4-2/h5,7,11,13,17,19,23,25,29-30,32-33,35,37,41,43,64H,3-4,6,8-10,12,14-16,18,20-22,24,26-28,31,34,36,38-40,42,44-63,67H2,1-2H3,(H,70,71)/b7-5-,13-11-,19-17-,25-23-,30-29-,33-32-,37-35-,43-41-. The Morgan fingerprint density at radius 2 is 0.724 bits per heavy atom. The molecule has 0 amide bonds. The zero-order valence-electron chi connectivity index (χ0n) is 49.0. The number of esters is 2. The molecule has 0 spiro atoms. The molecule has 0 rings (SSSR count). The highest BCUT2D eigenvalue weighted by Crippen LogP contribution is 2.43. The Hall–Kier alpha value is -3.07. The zero-order chi connectivity index (χ0) is 55.2. The largest absolute Gasteiger partial charge is 0.472 e. The van der Waals surface area contributed by atoms with Crippen molar-refractivity contribution in [3.05, 3.63) is 97.2 Å². The van der Waals surface area contributed by atoms with E-state index in [9.17, 15) is 19.0 Å². The van der Waals surface area contributed by atoms with E-state index in [1.807, 2.05) is 0 Å². The molecule has 76 heavy (non-hydrogen) atoms. The summed E-state index contributed by atoms with van der Waals surface area (Å²) in [6, 6.07) is 0. The number of ether oxygens (including phenoxy) is 2. The van der Waals surface area contributed by atoms with Crippen LogP contribution in [-0.4, -0.2) is 49.3 Å². The number of carbonyl (C=O) groups excluding carboxylic acids is 2. The lowest BCUT2D eigenvalue weighted by atomic mass is 10.0. The summed E-state index contributed by atoms with van der Waals surface area (Å²) in [6.07, 6.45) is 81.8. The fourth-order valence-electron chi connectivity index (χ4n) is 8.65. The molecule has 0 saturated heterocycles.